The zero-order valence-corrected chi connectivity index (χ0v) is 14.4. The third-order valence-corrected chi connectivity index (χ3v) is 4.36. The number of aromatic nitrogens is 2. The number of carbonyl (C=O) groups is 1. The van der Waals surface area contributed by atoms with E-state index in [9.17, 15) is 4.79 Å². The summed E-state index contributed by atoms with van der Waals surface area (Å²) in [5.74, 6) is 0.344. The Hall–Kier alpha value is -2.88. The summed E-state index contributed by atoms with van der Waals surface area (Å²) in [5.41, 5.74) is 3.28. The number of rotatable bonds is 7. The second-order valence-electron chi connectivity index (χ2n) is 6.12. The predicted octanol–water partition coefficient (Wildman–Crippen LogP) is 4.07. The Morgan fingerprint density at radius 3 is 2.68 bits per heavy atom. The highest BCUT2D eigenvalue weighted by Crippen LogP contribution is 2.22. The summed E-state index contributed by atoms with van der Waals surface area (Å²) in [6.45, 7) is 2.65. The van der Waals surface area contributed by atoms with Gasteiger partial charge in [0.2, 0.25) is 5.91 Å². The van der Waals surface area contributed by atoms with Crippen molar-refractivity contribution in [3.63, 3.8) is 0 Å². The lowest BCUT2D eigenvalue weighted by Gasteiger charge is -2.15. The molecule has 0 bridgehead atoms. The smallest absolute Gasteiger partial charge is 0.220 e. The van der Waals surface area contributed by atoms with E-state index in [1.807, 2.05) is 59.4 Å². The number of carbonyl (C=O) groups excluding carboxylic acids is 1. The minimum atomic E-state index is 0.0835. The molecule has 0 aliphatic carbocycles. The van der Waals surface area contributed by atoms with Gasteiger partial charge in [0.1, 0.15) is 0 Å². The maximum Gasteiger partial charge on any atom is 0.220 e. The Morgan fingerprint density at radius 1 is 1.12 bits per heavy atom. The summed E-state index contributed by atoms with van der Waals surface area (Å²) in [6.07, 6.45) is 5.12. The van der Waals surface area contributed by atoms with Crippen LogP contribution in [0.3, 0.4) is 0 Å². The monoisotopic (exact) mass is 333 g/mol. The third-order valence-electron chi connectivity index (χ3n) is 4.36. The topological polar surface area (TPSA) is 46.9 Å². The first-order chi connectivity index (χ1) is 12.3. The van der Waals surface area contributed by atoms with E-state index >= 15 is 0 Å². The molecule has 128 valence electrons. The minimum absolute atomic E-state index is 0.0835. The molecular formula is C21H23N3O. The molecule has 1 atom stereocenters. The van der Waals surface area contributed by atoms with E-state index in [0.717, 1.165) is 17.7 Å². The van der Waals surface area contributed by atoms with Gasteiger partial charge in [0, 0.05) is 25.4 Å². The number of hydrogen-bond donors (Lipinski definition) is 1. The first-order valence-electron chi connectivity index (χ1n) is 8.67. The van der Waals surface area contributed by atoms with Gasteiger partial charge in [-0.3, -0.25) is 4.79 Å². The summed E-state index contributed by atoms with van der Waals surface area (Å²) in [5, 5.41) is 7.27. The molecule has 0 spiro atoms. The van der Waals surface area contributed by atoms with Crippen LogP contribution in [0.25, 0.3) is 5.69 Å². The number of amides is 1. The van der Waals surface area contributed by atoms with Gasteiger partial charge in [0.25, 0.3) is 0 Å². The highest BCUT2D eigenvalue weighted by molar-refractivity contribution is 5.76. The molecule has 0 saturated carbocycles. The van der Waals surface area contributed by atoms with Crippen molar-refractivity contribution in [2.75, 3.05) is 0 Å². The summed E-state index contributed by atoms with van der Waals surface area (Å²) < 4.78 is 1.81. The van der Waals surface area contributed by atoms with Crippen molar-refractivity contribution in [2.45, 2.75) is 32.2 Å². The second kappa shape index (κ2) is 8.29. The van der Waals surface area contributed by atoms with Gasteiger partial charge in [-0.1, -0.05) is 49.4 Å². The van der Waals surface area contributed by atoms with Gasteiger partial charge in [-0.15, -0.1) is 0 Å². The van der Waals surface area contributed by atoms with Crippen LogP contribution in [0.1, 0.15) is 36.8 Å². The molecule has 0 aliphatic rings. The van der Waals surface area contributed by atoms with E-state index in [0.29, 0.717) is 13.0 Å². The Labute approximate surface area is 148 Å². The van der Waals surface area contributed by atoms with Crippen LogP contribution in [0.15, 0.2) is 73.1 Å². The van der Waals surface area contributed by atoms with Crippen molar-refractivity contribution in [3.8, 4) is 5.69 Å². The lowest BCUT2D eigenvalue weighted by atomic mass is 9.93. The van der Waals surface area contributed by atoms with Crippen LogP contribution in [-0.2, 0) is 11.3 Å². The van der Waals surface area contributed by atoms with Crippen molar-refractivity contribution in [1.82, 2.24) is 15.1 Å². The average Bonchev–Trinajstić information content (AvgIpc) is 3.20. The summed E-state index contributed by atoms with van der Waals surface area (Å²) in [7, 11) is 0. The maximum atomic E-state index is 12.3. The SMILES string of the molecule is CCC(CC(=O)NCc1cccc(-n2cccn2)c1)c1ccccc1. The molecule has 3 aromatic rings. The zero-order chi connectivity index (χ0) is 17.5. The van der Waals surface area contributed by atoms with Gasteiger partial charge in [0.15, 0.2) is 0 Å². The molecule has 2 aromatic carbocycles. The molecule has 1 unspecified atom stereocenters. The Balaban J connectivity index is 1.58. The summed E-state index contributed by atoms with van der Waals surface area (Å²) in [4.78, 5) is 12.3. The third kappa shape index (κ3) is 4.57. The molecule has 1 heterocycles. The molecule has 0 fully saturated rings. The molecule has 4 heteroatoms. The van der Waals surface area contributed by atoms with Crippen LogP contribution in [0.4, 0.5) is 0 Å². The Bertz CT molecular complexity index is 797. The fraction of sp³-hybridized carbons (Fsp3) is 0.238. The van der Waals surface area contributed by atoms with Gasteiger partial charge in [-0.05, 0) is 41.7 Å². The molecule has 0 radical (unpaired) electrons. The standard InChI is InChI=1S/C21H23N3O/c1-2-18(19-9-4-3-5-10-19)15-21(25)22-16-17-8-6-11-20(14-17)24-13-7-12-23-24/h3-14,18H,2,15-16H2,1H3,(H,22,25). The van der Waals surface area contributed by atoms with Crippen LogP contribution in [0.5, 0.6) is 0 Å². The largest absolute Gasteiger partial charge is 0.352 e. The van der Waals surface area contributed by atoms with Crippen molar-refractivity contribution in [3.05, 3.63) is 84.2 Å². The molecule has 4 nitrogen and oxygen atoms in total. The van der Waals surface area contributed by atoms with Crippen LogP contribution in [-0.4, -0.2) is 15.7 Å². The molecule has 0 aliphatic heterocycles. The number of benzene rings is 2. The number of nitrogens with zero attached hydrogens (tertiary/aromatic N) is 2. The van der Waals surface area contributed by atoms with Gasteiger partial charge in [-0.2, -0.15) is 5.10 Å². The second-order valence-corrected chi connectivity index (χ2v) is 6.12. The van der Waals surface area contributed by atoms with Gasteiger partial charge in [0.05, 0.1) is 5.69 Å². The molecule has 1 aromatic heterocycles. The van der Waals surface area contributed by atoms with E-state index in [1.165, 1.54) is 5.56 Å². The number of nitrogens with one attached hydrogen (secondary N) is 1. The van der Waals surface area contributed by atoms with Crippen LogP contribution < -0.4 is 5.32 Å². The van der Waals surface area contributed by atoms with Crippen molar-refractivity contribution < 1.29 is 4.79 Å². The molecule has 0 saturated heterocycles. The van der Waals surface area contributed by atoms with E-state index in [1.54, 1.807) is 6.20 Å². The Kier molecular flexibility index (Phi) is 5.62. The van der Waals surface area contributed by atoms with Crippen molar-refractivity contribution in [1.29, 1.82) is 0 Å². The molecule has 1 N–H and O–H groups in total. The highest BCUT2D eigenvalue weighted by atomic mass is 16.1. The predicted molar refractivity (Wildman–Crippen MR) is 99.5 cm³/mol. The summed E-state index contributed by atoms with van der Waals surface area (Å²) >= 11 is 0. The van der Waals surface area contributed by atoms with Crippen LogP contribution in [0.2, 0.25) is 0 Å². The minimum Gasteiger partial charge on any atom is -0.352 e. The lowest BCUT2D eigenvalue weighted by Crippen LogP contribution is -2.24. The molecule has 1 amide bonds. The molecular weight excluding hydrogens is 310 g/mol. The van der Waals surface area contributed by atoms with Crippen LogP contribution in [0, 0.1) is 0 Å². The Morgan fingerprint density at radius 2 is 1.96 bits per heavy atom. The van der Waals surface area contributed by atoms with E-state index in [4.69, 9.17) is 0 Å². The van der Waals surface area contributed by atoms with Crippen LogP contribution >= 0.6 is 0 Å². The fourth-order valence-corrected chi connectivity index (χ4v) is 2.95. The van der Waals surface area contributed by atoms with Crippen molar-refractivity contribution in [2.24, 2.45) is 0 Å². The van der Waals surface area contributed by atoms with Crippen molar-refractivity contribution >= 4 is 5.91 Å². The quantitative estimate of drug-likeness (QED) is 0.708. The van der Waals surface area contributed by atoms with Gasteiger partial charge >= 0.3 is 0 Å². The average molecular weight is 333 g/mol. The first-order valence-corrected chi connectivity index (χ1v) is 8.67. The van der Waals surface area contributed by atoms with Gasteiger partial charge < -0.3 is 5.32 Å². The summed E-state index contributed by atoms with van der Waals surface area (Å²) in [6, 6.07) is 20.2. The number of hydrogen-bond acceptors (Lipinski definition) is 2. The maximum absolute atomic E-state index is 12.3. The van der Waals surface area contributed by atoms with Gasteiger partial charge in [-0.25, -0.2) is 4.68 Å². The normalized spacial score (nSPS) is 11.9. The molecule has 3 rings (SSSR count). The lowest BCUT2D eigenvalue weighted by molar-refractivity contribution is -0.121. The first kappa shape index (κ1) is 17.0. The highest BCUT2D eigenvalue weighted by Gasteiger charge is 2.13. The van der Waals surface area contributed by atoms with E-state index < -0.39 is 0 Å². The molecule has 25 heavy (non-hydrogen) atoms. The fourth-order valence-electron chi connectivity index (χ4n) is 2.95. The van der Waals surface area contributed by atoms with E-state index in [-0.39, 0.29) is 11.8 Å². The van der Waals surface area contributed by atoms with E-state index in [2.05, 4.69) is 29.5 Å². The zero-order valence-electron chi connectivity index (χ0n) is 14.4.